The number of benzene rings is 1. The molecule has 2 heterocycles. The zero-order valence-corrected chi connectivity index (χ0v) is 20.5. The molecule has 4 rings (SSSR count). The number of rotatable bonds is 7. The van der Waals surface area contributed by atoms with E-state index in [-0.39, 0.29) is 18.0 Å². The number of amides is 2. The second kappa shape index (κ2) is 10.0. The van der Waals surface area contributed by atoms with Crippen molar-refractivity contribution in [3.8, 4) is 0 Å². The lowest BCUT2D eigenvalue weighted by molar-refractivity contribution is -0.118. The van der Waals surface area contributed by atoms with Crippen molar-refractivity contribution in [3.63, 3.8) is 0 Å². The van der Waals surface area contributed by atoms with Gasteiger partial charge in [-0.15, -0.1) is 0 Å². The number of hydrogen-bond acceptors (Lipinski definition) is 4. The molecule has 2 aromatic rings. The summed E-state index contributed by atoms with van der Waals surface area (Å²) >= 11 is 6.47. The Hall–Kier alpha value is -2.09. The van der Waals surface area contributed by atoms with Crippen LogP contribution in [0.3, 0.4) is 0 Å². The van der Waals surface area contributed by atoms with E-state index in [1.807, 2.05) is 12.1 Å². The van der Waals surface area contributed by atoms with E-state index in [0.29, 0.717) is 28.6 Å². The van der Waals surface area contributed by atoms with Gasteiger partial charge in [-0.25, -0.2) is 0 Å². The number of fused-ring (bicyclic) bond motifs is 1. The predicted octanol–water partition coefficient (Wildman–Crippen LogP) is 3.24. The average Bonchev–Trinajstić information content (AvgIpc) is 3.17. The number of aromatic nitrogens is 1. The quantitative estimate of drug-likeness (QED) is 0.646. The molecular formula is C25H36ClN5O2. The number of halogens is 1. The van der Waals surface area contributed by atoms with Crippen molar-refractivity contribution in [2.45, 2.75) is 64.1 Å². The number of piperazine rings is 1. The Labute approximate surface area is 201 Å². The third-order valence-electron chi connectivity index (χ3n) is 7.50. The summed E-state index contributed by atoms with van der Waals surface area (Å²) in [4.78, 5) is 30.1. The molecule has 0 radical (unpaired) electrons. The highest BCUT2D eigenvalue weighted by atomic mass is 35.5. The Morgan fingerprint density at radius 2 is 1.82 bits per heavy atom. The first-order chi connectivity index (χ1) is 15.8. The van der Waals surface area contributed by atoms with Crippen LogP contribution in [0.15, 0.2) is 24.4 Å². The molecule has 1 aromatic heterocycles. The van der Waals surface area contributed by atoms with Crippen molar-refractivity contribution in [1.29, 1.82) is 0 Å². The molecule has 1 aliphatic carbocycles. The summed E-state index contributed by atoms with van der Waals surface area (Å²) in [7, 11) is 0. The molecule has 180 valence electrons. The van der Waals surface area contributed by atoms with E-state index in [1.165, 1.54) is 19.3 Å². The fourth-order valence-electron chi connectivity index (χ4n) is 5.65. The number of nitrogens with zero attached hydrogens (tertiary/aromatic N) is 3. The van der Waals surface area contributed by atoms with Crippen LogP contribution in [-0.4, -0.2) is 70.5 Å². The Balaban J connectivity index is 1.54. The fourth-order valence-corrected chi connectivity index (χ4v) is 5.92. The molecule has 3 N–H and O–H groups in total. The van der Waals surface area contributed by atoms with Gasteiger partial charge in [-0.3, -0.25) is 19.4 Å². The van der Waals surface area contributed by atoms with Gasteiger partial charge in [0.25, 0.3) is 5.91 Å². The van der Waals surface area contributed by atoms with E-state index in [4.69, 9.17) is 17.3 Å². The summed E-state index contributed by atoms with van der Waals surface area (Å²) in [5.41, 5.74) is 6.66. The molecule has 0 atom stereocenters. The molecule has 8 heteroatoms. The second-order valence-electron chi connectivity index (χ2n) is 9.86. The summed E-state index contributed by atoms with van der Waals surface area (Å²) in [5.74, 6) is -0.609. The summed E-state index contributed by atoms with van der Waals surface area (Å²) in [6.07, 6.45) is 7.58. The first-order valence-electron chi connectivity index (χ1n) is 12.1. The van der Waals surface area contributed by atoms with E-state index in [1.54, 1.807) is 16.8 Å². The van der Waals surface area contributed by atoms with Crippen molar-refractivity contribution in [1.82, 2.24) is 19.7 Å². The minimum atomic E-state index is -0.458. The molecular weight excluding hydrogens is 438 g/mol. The van der Waals surface area contributed by atoms with Crippen LogP contribution >= 0.6 is 11.6 Å². The number of hydrogen-bond donors (Lipinski definition) is 2. The van der Waals surface area contributed by atoms with Gasteiger partial charge in [-0.2, -0.15) is 0 Å². The average molecular weight is 474 g/mol. The van der Waals surface area contributed by atoms with Crippen LogP contribution in [0.1, 0.15) is 56.3 Å². The van der Waals surface area contributed by atoms with Gasteiger partial charge < -0.3 is 15.6 Å². The van der Waals surface area contributed by atoms with Gasteiger partial charge in [0.1, 0.15) is 6.54 Å². The summed E-state index contributed by atoms with van der Waals surface area (Å²) in [6.45, 7) is 9.37. The number of nitrogens with one attached hydrogen (secondary N) is 1. The Kier molecular flexibility index (Phi) is 7.31. The summed E-state index contributed by atoms with van der Waals surface area (Å²) in [5, 5.41) is 4.41. The van der Waals surface area contributed by atoms with Gasteiger partial charge in [0.2, 0.25) is 5.91 Å². The lowest BCUT2D eigenvalue weighted by atomic mass is 9.79. The monoisotopic (exact) mass is 473 g/mol. The molecule has 1 aliphatic heterocycles. The molecule has 2 aliphatic rings. The number of carbonyl (C=O) groups excluding carboxylic acids is 2. The molecule has 0 bridgehead atoms. The third-order valence-corrected chi connectivity index (χ3v) is 7.82. The smallest absolute Gasteiger partial charge is 0.253 e. The van der Waals surface area contributed by atoms with Gasteiger partial charge >= 0.3 is 0 Å². The normalized spacial score (nSPS) is 19.8. The van der Waals surface area contributed by atoms with Gasteiger partial charge in [0.15, 0.2) is 0 Å². The minimum Gasteiger partial charge on any atom is -0.368 e. The van der Waals surface area contributed by atoms with Crippen molar-refractivity contribution in [2.24, 2.45) is 5.73 Å². The molecule has 2 fully saturated rings. The number of carbonyl (C=O) groups is 2. The van der Waals surface area contributed by atoms with Crippen molar-refractivity contribution in [3.05, 3.63) is 35.0 Å². The lowest BCUT2D eigenvalue weighted by Crippen LogP contribution is -2.62. The Bertz CT molecular complexity index is 1000. The van der Waals surface area contributed by atoms with Gasteiger partial charge in [0, 0.05) is 55.9 Å². The number of nitrogens with two attached hydrogens (primary N) is 1. The maximum atomic E-state index is 13.4. The molecule has 1 saturated carbocycles. The van der Waals surface area contributed by atoms with E-state index in [2.05, 4.69) is 29.0 Å². The molecule has 7 nitrogen and oxygen atoms in total. The molecule has 33 heavy (non-hydrogen) atoms. The minimum absolute atomic E-state index is 0.00632. The largest absolute Gasteiger partial charge is 0.368 e. The summed E-state index contributed by atoms with van der Waals surface area (Å²) < 4.78 is 1.71. The van der Waals surface area contributed by atoms with Gasteiger partial charge in [0.05, 0.1) is 16.1 Å². The van der Waals surface area contributed by atoms with Crippen LogP contribution in [0.4, 0.5) is 0 Å². The molecule has 2 amide bonds. The molecule has 1 aromatic carbocycles. The third kappa shape index (κ3) is 5.05. The highest BCUT2D eigenvalue weighted by molar-refractivity contribution is 6.36. The molecule has 0 spiro atoms. The Morgan fingerprint density at radius 3 is 2.45 bits per heavy atom. The fraction of sp³-hybridized carbons (Fsp3) is 0.600. The second-order valence-corrected chi connectivity index (χ2v) is 10.3. The van der Waals surface area contributed by atoms with Crippen LogP contribution in [0.2, 0.25) is 5.02 Å². The van der Waals surface area contributed by atoms with Gasteiger partial charge in [-0.1, -0.05) is 36.9 Å². The van der Waals surface area contributed by atoms with Crippen LogP contribution in [0, 0.1) is 0 Å². The molecule has 1 saturated heterocycles. The highest BCUT2D eigenvalue weighted by Gasteiger charge is 2.40. The maximum absolute atomic E-state index is 13.4. The van der Waals surface area contributed by atoms with Crippen LogP contribution in [0.25, 0.3) is 10.9 Å². The topological polar surface area (TPSA) is 83.6 Å². The molecule has 0 unspecified atom stereocenters. The summed E-state index contributed by atoms with van der Waals surface area (Å²) in [6, 6.07) is 6.01. The SMILES string of the molecule is CC(C)N1CCN(C2(CNC(=O)c3cn(CC(N)=O)c4cccc(Cl)c34)CCCCC2)CC1. The zero-order chi connectivity index (χ0) is 23.6. The van der Waals surface area contributed by atoms with E-state index in [9.17, 15) is 9.59 Å². The van der Waals surface area contributed by atoms with E-state index >= 15 is 0 Å². The van der Waals surface area contributed by atoms with Crippen molar-refractivity contribution in [2.75, 3.05) is 32.7 Å². The van der Waals surface area contributed by atoms with Gasteiger partial charge in [-0.05, 0) is 38.8 Å². The highest BCUT2D eigenvalue weighted by Crippen LogP contribution is 2.35. The first kappa shape index (κ1) is 24.0. The predicted molar refractivity (Wildman–Crippen MR) is 133 cm³/mol. The Morgan fingerprint density at radius 1 is 1.12 bits per heavy atom. The van der Waals surface area contributed by atoms with Crippen LogP contribution < -0.4 is 11.1 Å². The lowest BCUT2D eigenvalue weighted by Gasteiger charge is -2.50. The standard InChI is InChI=1S/C25H36ClN5O2/c1-18(2)29-11-13-31(14-12-29)25(9-4-3-5-10-25)17-28-24(33)19-15-30(16-22(27)32)21-8-6-7-20(26)23(19)21/h6-8,15,18H,3-5,9-14,16-17H2,1-2H3,(H2,27,32)(H,28,33). The van der Waals surface area contributed by atoms with E-state index in [0.717, 1.165) is 44.5 Å². The number of primary amides is 1. The zero-order valence-electron chi connectivity index (χ0n) is 19.8. The van der Waals surface area contributed by atoms with Crippen LogP contribution in [0.5, 0.6) is 0 Å². The van der Waals surface area contributed by atoms with E-state index < -0.39 is 5.91 Å². The first-order valence-corrected chi connectivity index (χ1v) is 12.5. The van der Waals surface area contributed by atoms with Crippen molar-refractivity contribution >= 4 is 34.3 Å². The maximum Gasteiger partial charge on any atom is 0.253 e. The van der Waals surface area contributed by atoms with Crippen molar-refractivity contribution < 1.29 is 9.59 Å². The van der Waals surface area contributed by atoms with Crippen LogP contribution in [-0.2, 0) is 11.3 Å².